The molecule has 0 radical (unpaired) electrons. The van der Waals surface area contributed by atoms with Gasteiger partial charge in [0.2, 0.25) is 5.91 Å². The molecule has 0 aromatic carbocycles. The van der Waals surface area contributed by atoms with E-state index in [0.29, 0.717) is 5.69 Å². The topological polar surface area (TPSA) is 42.0 Å². The highest BCUT2D eigenvalue weighted by molar-refractivity contribution is 6.19. The molecule has 0 saturated heterocycles. The van der Waals surface area contributed by atoms with Gasteiger partial charge in [-0.15, -0.1) is 11.6 Å². The Morgan fingerprint density at radius 1 is 1.71 bits per heavy atom. The predicted octanol–water partition coefficient (Wildman–Crippen LogP) is 2.03. The van der Waals surface area contributed by atoms with E-state index in [9.17, 15) is 9.18 Å². The van der Waals surface area contributed by atoms with Crippen LogP contribution in [0.1, 0.15) is 6.92 Å². The number of anilines is 1. The highest BCUT2D eigenvalue weighted by Gasteiger charge is 2.11. The molecular weight excluding hydrogens is 207 g/mol. The number of pyridine rings is 1. The number of rotatable bonds is 3. The average molecular weight is 217 g/mol. The van der Waals surface area contributed by atoms with Gasteiger partial charge in [-0.05, 0) is 0 Å². The second-order valence-corrected chi connectivity index (χ2v) is 3.25. The fourth-order valence-corrected chi connectivity index (χ4v) is 0.956. The summed E-state index contributed by atoms with van der Waals surface area (Å²) < 4.78 is 12.7. The van der Waals surface area contributed by atoms with Gasteiger partial charge in [0.25, 0.3) is 0 Å². The van der Waals surface area contributed by atoms with Gasteiger partial charge in [-0.2, -0.15) is 0 Å². The first-order valence-electron chi connectivity index (χ1n) is 4.11. The van der Waals surface area contributed by atoms with Gasteiger partial charge in [0, 0.05) is 17.9 Å². The number of carbonyl (C=O) groups excluding carboxylic acids is 1. The van der Waals surface area contributed by atoms with Crippen LogP contribution in [0.25, 0.3) is 0 Å². The summed E-state index contributed by atoms with van der Waals surface area (Å²) in [6.45, 7) is 1.69. The number of hydrogen-bond acceptors (Lipinski definition) is 2. The number of nitrogens with zero attached hydrogens (tertiary/aromatic N) is 1. The standard InChI is InChI=1S/C9H10ClFN2O/c1-6(3-10)9(14)13-8-2-7(11)4-12-5-8/h2,4-6H,3H2,1H3,(H,13,14). The van der Waals surface area contributed by atoms with Crippen molar-refractivity contribution in [2.75, 3.05) is 11.2 Å². The van der Waals surface area contributed by atoms with Crippen LogP contribution in [-0.2, 0) is 4.79 Å². The number of carbonyl (C=O) groups is 1. The predicted molar refractivity (Wildman–Crippen MR) is 52.7 cm³/mol. The quantitative estimate of drug-likeness (QED) is 0.786. The Hall–Kier alpha value is -1.16. The molecule has 76 valence electrons. The third-order valence-corrected chi connectivity index (χ3v) is 2.11. The molecule has 0 fully saturated rings. The first-order chi connectivity index (χ1) is 6.63. The lowest BCUT2D eigenvalue weighted by Gasteiger charge is -2.08. The highest BCUT2D eigenvalue weighted by atomic mass is 35.5. The molecule has 0 spiro atoms. The van der Waals surface area contributed by atoms with Crippen LogP contribution in [0.2, 0.25) is 0 Å². The lowest BCUT2D eigenvalue weighted by molar-refractivity contribution is -0.118. The van der Waals surface area contributed by atoms with Crippen LogP contribution in [0.15, 0.2) is 18.5 Å². The van der Waals surface area contributed by atoms with Crippen LogP contribution in [0.3, 0.4) is 0 Å². The minimum Gasteiger partial charge on any atom is -0.324 e. The van der Waals surface area contributed by atoms with E-state index in [1.165, 1.54) is 12.3 Å². The zero-order valence-electron chi connectivity index (χ0n) is 7.63. The zero-order chi connectivity index (χ0) is 10.6. The Morgan fingerprint density at radius 3 is 3.00 bits per heavy atom. The van der Waals surface area contributed by atoms with Crippen molar-refractivity contribution in [3.63, 3.8) is 0 Å². The first-order valence-corrected chi connectivity index (χ1v) is 4.64. The van der Waals surface area contributed by atoms with Gasteiger partial charge >= 0.3 is 0 Å². The molecule has 5 heteroatoms. The molecule has 3 nitrogen and oxygen atoms in total. The molecule has 0 bridgehead atoms. The molecule has 0 aliphatic heterocycles. The van der Waals surface area contributed by atoms with E-state index in [0.717, 1.165) is 6.20 Å². The summed E-state index contributed by atoms with van der Waals surface area (Å²) >= 11 is 5.49. The second kappa shape index (κ2) is 4.91. The van der Waals surface area contributed by atoms with Crippen LogP contribution in [-0.4, -0.2) is 16.8 Å². The van der Waals surface area contributed by atoms with Crippen molar-refractivity contribution in [1.82, 2.24) is 4.98 Å². The molecule has 1 aromatic rings. The summed E-state index contributed by atoms with van der Waals surface area (Å²) in [6.07, 6.45) is 2.45. The smallest absolute Gasteiger partial charge is 0.228 e. The van der Waals surface area contributed by atoms with Gasteiger partial charge in [-0.25, -0.2) is 4.39 Å². The van der Waals surface area contributed by atoms with Gasteiger partial charge < -0.3 is 5.32 Å². The molecule has 1 atom stereocenters. The molecule has 0 saturated carbocycles. The van der Waals surface area contributed by atoms with E-state index < -0.39 is 5.82 Å². The van der Waals surface area contributed by atoms with Gasteiger partial charge in [-0.3, -0.25) is 9.78 Å². The molecule has 1 unspecified atom stereocenters. The highest BCUT2D eigenvalue weighted by Crippen LogP contribution is 2.09. The van der Waals surface area contributed by atoms with E-state index in [1.807, 2.05) is 0 Å². The maximum atomic E-state index is 12.7. The van der Waals surface area contributed by atoms with Crippen molar-refractivity contribution in [1.29, 1.82) is 0 Å². The Labute approximate surface area is 86.3 Å². The van der Waals surface area contributed by atoms with Crippen molar-refractivity contribution < 1.29 is 9.18 Å². The van der Waals surface area contributed by atoms with Crippen molar-refractivity contribution >= 4 is 23.2 Å². The molecule has 1 rings (SSSR count). The van der Waals surface area contributed by atoms with Crippen LogP contribution in [0.5, 0.6) is 0 Å². The minimum atomic E-state index is -0.485. The number of hydrogen-bond donors (Lipinski definition) is 1. The lowest BCUT2D eigenvalue weighted by Crippen LogP contribution is -2.21. The van der Waals surface area contributed by atoms with Gasteiger partial charge in [0.1, 0.15) is 5.82 Å². The van der Waals surface area contributed by atoms with Crippen molar-refractivity contribution in [2.24, 2.45) is 5.92 Å². The van der Waals surface area contributed by atoms with Crippen LogP contribution >= 0.6 is 11.6 Å². The molecule has 0 aliphatic carbocycles. The van der Waals surface area contributed by atoms with Crippen molar-refractivity contribution in [3.8, 4) is 0 Å². The summed E-state index contributed by atoms with van der Waals surface area (Å²) in [5, 5.41) is 2.51. The zero-order valence-corrected chi connectivity index (χ0v) is 8.38. The number of amides is 1. The normalized spacial score (nSPS) is 12.2. The van der Waals surface area contributed by atoms with Gasteiger partial charge in [-0.1, -0.05) is 6.92 Å². The molecule has 14 heavy (non-hydrogen) atoms. The maximum Gasteiger partial charge on any atom is 0.228 e. The van der Waals surface area contributed by atoms with E-state index >= 15 is 0 Å². The van der Waals surface area contributed by atoms with E-state index in [1.54, 1.807) is 6.92 Å². The number of alkyl halides is 1. The third kappa shape index (κ3) is 2.96. The first kappa shape index (κ1) is 10.9. The Balaban J connectivity index is 2.65. The molecule has 0 aliphatic rings. The monoisotopic (exact) mass is 216 g/mol. The van der Waals surface area contributed by atoms with Gasteiger partial charge in [0.05, 0.1) is 18.1 Å². The number of nitrogens with one attached hydrogen (secondary N) is 1. The van der Waals surface area contributed by atoms with E-state index in [4.69, 9.17) is 11.6 Å². The second-order valence-electron chi connectivity index (χ2n) is 2.94. The summed E-state index contributed by atoms with van der Waals surface area (Å²) in [6, 6.07) is 1.20. The Kier molecular flexibility index (Phi) is 3.83. The van der Waals surface area contributed by atoms with Crippen molar-refractivity contribution in [3.05, 3.63) is 24.3 Å². The third-order valence-electron chi connectivity index (χ3n) is 1.65. The summed E-state index contributed by atoms with van der Waals surface area (Å²) in [4.78, 5) is 14.9. The summed E-state index contributed by atoms with van der Waals surface area (Å²) in [7, 11) is 0. The van der Waals surface area contributed by atoms with E-state index in [-0.39, 0.29) is 17.7 Å². The molecule has 1 heterocycles. The average Bonchev–Trinajstić information content (AvgIpc) is 2.16. The molecule has 1 aromatic heterocycles. The summed E-state index contributed by atoms with van der Waals surface area (Å²) in [5.41, 5.74) is 0.340. The van der Waals surface area contributed by atoms with Crippen LogP contribution < -0.4 is 5.32 Å². The number of aromatic nitrogens is 1. The van der Waals surface area contributed by atoms with Crippen molar-refractivity contribution in [2.45, 2.75) is 6.92 Å². The fourth-order valence-electron chi connectivity index (χ4n) is 0.816. The molecule has 1 amide bonds. The largest absolute Gasteiger partial charge is 0.324 e. The lowest BCUT2D eigenvalue weighted by atomic mass is 10.2. The summed E-state index contributed by atoms with van der Waals surface area (Å²) in [5.74, 6) is -0.803. The van der Waals surface area contributed by atoms with Crippen LogP contribution in [0, 0.1) is 11.7 Å². The minimum absolute atomic E-state index is 0.231. The van der Waals surface area contributed by atoms with Crippen LogP contribution in [0.4, 0.5) is 10.1 Å². The SMILES string of the molecule is CC(CCl)C(=O)Nc1cncc(F)c1. The van der Waals surface area contributed by atoms with E-state index in [2.05, 4.69) is 10.3 Å². The molecule has 1 N–H and O–H groups in total. The number of halogens is 2. The maximum absolute atomic E-state index is 12.7. The molecular formula is C9H10ClFN2O. The Morgan fingerprint density at radius 2 is 2.43 bits per heavy atom. The fraction of sp³-hybridized carbons (Fsp3) is 0.333. The Bertz CT molecular complexity index is 332. The van der Waals surface area contributed by atoms with Gasteiger partial charge in [0.15, 0.2) is 0 Å².